The summed E-state index contributed by atoms with van der Waals surface area (Å²) in [7, 11) is 1.77. The van der Waals surface area contributed by atoms with Crippen LogP contribution in [0.4, 0.5) is 5.82 Å². The van der Waals surface area contributed by atoms with Gasteiger partial charge in [-0.25, -0.2) is 0 Å². The van der Waals surface area contributed by atoms with Crippen molar-refractivity contribution in [3.8, 4) is 11.8 Å². The van der Waals surface area contributed by atoms with Crippen molar-refractivity contribution in [2.24, 2.45) is 7.05 Å². The normalized spacial score (nSPS) is 9.68. The van der Waals surface area contributed by atoms with E-state index in [4.69, 9.17) is 10.00 Å². The average Bonchev–Trinajstić information content (AvgIpc) is 2.82. The molecule has 19 heavy (non-hydrogen) atoms. The molecule has 6 heteroatoms. The first-order chi connectivity index (χ1) is 9.17. The number of carbonyl (C=O) groups is 1. The number of aromatic nitrogens is 2. The molecule has 0 saturated heterocycles. The molecular weight excluding hydrogens is 244 g/mol. The summed E-state index contributed by atoms with van der Waals surface area (Å²) in [5, 5.41) is 15.3. The van der Waals surface area contributed by atoms with Gasteiger partial charge in [-0.3, -0.25) is 9.48 Å². The summed E-state index contributed by atoms with van der Waals surface area (Å²) in [6, 6.07) is 10.3. The van der Waals surface area contributed by atoms with Crippen LogP contribution in [0.5, 0.6) is 5.75 Å². The molecule has 96 valence electrons. The van der Waals surface area contributed by atoms with Gasteiger partial charge in [-0.2, -0.15) is 10.4 Å². The second kappa shape index (κ2) is 5.69. The number of benzene rings is 1. The quantitative estimate of drug-likeness (QED) is 0.894. The Morgan fingerprint density at radius 1 is 1.42 bits per heavy atom. The topological polar surface area (TPSA) is 79.9 Å². The molecule has 1 amide bonds. The van der Waals surface area contributed by atoms with Gasteiger partial charge in [-0.1, -0.05) is 0 Å². The Hall–Kier alpha value is -2.81. The summed E-state index contributed by atoms with van der Waals surface area (Å²) in [6.45, 7) is -0.109. The van der Waals surface area contributed by atoms with Gasteiger partial charge in [-0.05, 0) is 24.3 Å². The smallest absolute Gasteiger partial charge is 0.263 e. The number of hydrogen-bond acceptors (Lipinski definition) is 4. The van der Waals surface area contributed by atoms with Crippen LogP contribution in [-0.4, -0.2) is 22.3 Å². The third-order valence-corrected chi connectivity index (χ3v) is 2.33. The second-order valence-electron chi connectivity index (χ2n) is 3.85. The van der Waals surface area contributed by atoms with Crippen LogP contribution in [0.15, 0.2) is 36.5 Å². The zero-order chi connectivity index (χ0) is 13.7. The van der Waals surface area contributed by atoms with E-state index in [1.807, 2.05) is 6.07 Å². The van der Waals surface area contributed by atoms with E-state index in [1.165, 1.54) is 0 Å². The first-order valence-electron chi connectivity index (χ1n) is 5.60. The van der Waals surface area contributed by atoms with Gasteiger partial charge in [0, 0.05) is 19.3 Å². The highest BCUT2D eigenvalue weighted by Crippen LogP contribution is 2.11. The number of ether oxygens (including phenoxy) is 1. The lowest BCUT2D eigenvalue weighted by Crippen LogP contribution is -2.20. The highest BCUT2D eigenvalue weighted by atomic mass is 16.5. The summed E-state index contributed by atoms with van der Waals surface area (Å²) >= 11 is 0. The molecule has 0 saturated carbocycles. The molecule has 0 fully saturated rings. The maximum atomic E-state index is 11.6. The molecule has 0 spiro atoms. The van der Waals surface area contributed by atoms with E-state index >= 15 is 0 Å². The molecule has 0 bridgehead atoms. The molecule has 0 atom stereocenters. The first-order valence-corrected chi connectivity index (χ1v) is 5.60. The van der Waals surface area contributed by atoms with Crippen LogP contribution in [0.3, 0.4) is 0 Å². The van der Waals surface area contributed by atoms with E-state index < -0.39 is 0 Å². The Morgan fingerprint density at radius 3 is 2.74 bits per heavy atom. The number of carbonyl (C=O) groups excluding carboxylic acids is 1. The summed E-state index contributed by atoms with van der Waals surface area (Å²) in [5.74, 6) is 0.731. The van der Waals surface area contributed by atoms with E-state index in [-0.39, 0.29) is 12.5 Å². The summed E-state index contributed by atoms with van der Waals surface area (Å²) in [6.07, 6.45) is 1.73. The van der Waals surface area contributed by atoms with Gasteiger partial charge in [0.1, 0.15) is 5.75 Å². The van der Waals surface area contributed by atoms with E-state index in [0.717, 1.165) is 0 Å². The summed E-state index contributed by atoms with van der Waals surface area (Å²) < 4.78 is 6.88. The van der Waals surface area contributed by atoms with Crippen molar-refractivity contribution in [1.82, 2.24) is 9.78 Å². The van der Waals surface area contributed by atoms with Crippen LogP contribution in [0, 0.1) is 11.3 Å². The zero-order valence-electron chi connectivity index (χ0n) is 10.3. The minimum absolute atomic E-state index is 0.109. The maximum Gasteiger partial charge on any atom is 0.263 e. The number of nitrogens with one attached hydrogen (secondary N) is 1. The Kier molecular flexibility index (Phi) is 3.78. The molecule has 2 aromatic rings. The van der Waals surface area contributed by atoms with Crippen molar-refractivity contribution >= 4 is 11.7 Å². The van der Waals surface area contributed by atoms with Crippen molar-refractivity contribution in [3.05, 3.63) is 42.1 Å². The van der Waals surface area contributed by atoms with Gasteiger partial charge in [0.15, 0.2) is 12.4 Å². The molecular formula is C13H12N4O2. The fourth-order valence-corrected chi connectivity index (χ4v) is 1.44. The van der Waals surface area contributed by atoms with Gasteiger partial charge < -0.3 is 10.1 Å². The molecule has 1 heterocycles. The van der Waals surface area contributed by atoms with Gasteiger partial charge in [0.05, 0.1) is 11.6 Å². The molecule has 1 N–H and O–H groups in total. The third-order valence-electron chi connectivity index (χ3n) is 2.33. The first kappa shape index (κ1) is 12.6. The van der Waals surface area contributed by atoms with Crippen molar-refractivity contribution in [2.75, 3.05) is 11.9 Å². The number of aryl methyl sites for hydroxylation is 1. The Morgan fingerprint density at radius 2 is 2.16 bits per heavy atom. The number of amides is 1. The van der Waals surface area contributed by atoms with Crippen LogP contribution in [0.25, 0.3) is 0 Å². The predicted molar refractivity (Wildman–Crippen MR) is 68.5 cm³/mol. The Balaban J connectivity index is 1.84. The number of rotatable bonds is 4. The lowest BCUT2D eigenvalue weighted by Gasteiger charge is -2.05. The molecule has 0 aliphatic carbocycles. The summed E-state index contributed by atoms with van der Waals surface area (Å²) in [4.78, 5) is 11.6. The highest BCUT2D eigenvalue weighted by molar-refractivity contribution is 5.90. The number of anilines is 1. The molecule has 0 aliphatic heterocycles. The van der Waals surface area contributed by atoms with E-state index in [1.54, 1.807) is 48.3 Å². The number of hydrogen-bond donors (Lipinski definition) is 1. The van der Waals surface area contributed by atoms with Crippen molar-refractivity contribution < 1.29 is 9.53 Å². The van der Waals surface area contributed by atoms with Crippen LogP contribution < -0.4 is 10.1 Å². The molecule has 2 rings (SSSR count). The van der Waals surface area contributed by atoms with Crippen molar-refractivity contribution in [3.63, 3.8) is 0 Å². The monoisotopic (exact) mass is 256 g/mol. The zero-order valence-corrected chi connectivity index (χ0v) is 10.3. The molecule has 1 aromatic heterocycles. The second-order valence-corrected chi connectivity index (χ2v) is 3.85. The van der Waals surface area contributed by atoms with Crippen LogP contribution in [0.2, 0.25) is 0 Å². The van der Waals surface area contributed by atoms with Gasteiger partial charge in [-0.15, -0.1) is 0 Å². The Bertz CT molecular complexity index is 610. The van der Waals surface area contributed by atoms with E-state index in [0.29, 0.717) is 17.1 Å². The SMILES string of the molecule is Cn1ccc(NC(=O)COc2ccc(C#N)cc2)n1. The van der Waals surface area contributed by atoms with Gasteiger partial charge >= 0.3 is 0 Å². The lowest BCUT2D eigenvalue weighted by molar-refractivity contribution is -0.118. The minimum Gasteiger partial charge on any atom is -0.484 e. The summed E-state index contributed by atoms with van der Waals surface area (Å²) in [5.41, 5.74) is 0.547. The lowest BCUT2D eigenvalue weighted by atomic mass is 10.2. The fourth-order valence-electron chi connectivity index (χ4n) is 1.44. The number of nitrogens with zero attached hydrogens (tertiary/aromatic N) is 3. The molecule has 6 nitrogen and oxygen atoms in total. The minimum atomic E-state index is -0.289. The van der Waals surface area contributed by atoms with Gasteiger partial charge in [0.2, 0.25) is 0 Å². The van der Waals surface area contributed by atoms with Crippen LogP contribution in [0.1, 0.15) is 5.56 Å². The number of nitriles is 1. The fraction of sp³-hybridized carbons (Fsp3) is 0.154. The average molecular weight is 256 g/mol. The van der Waals surface area contributed by atoms with E-state index in [9.17, 15) is 4.79 Å². The Labute approximate surface area is 110 Å². The van der Waals surface area contributed by atoms with Crippen molar-refractivity contribution in [2.45, 2.75) is 0 Å². The van der Waals surface area contributed by atoms with Gasteiger partial charge in [0.25, 0.3) is 5.91 Å². The maximum absolute atomic E-state index is 11.6. The predicted octanol–water partition coefficient (Wildman–Crippen LogP) is 1.31. The van der Waals surface area contributed by atoms with Crippen LogP contribution in [-0.2, 0) is 11.8 Å². The highest BCUT2D eigenvalue weighted by Gasteiger charge is 2.05. The molecule has 0 radical (unpaired) electrons. The van der Waals surface area contributed by atoms with Crippen molar-refractivity contribution in [1.29, 1.82) is 5.26 Å². The molecule has 0 unspecified atom stereocenters. The largest absolute Gasteiger partial charge is 0.484 e. The standard InChI is InChI=1S/C13H12N4O2/c1-17-7-6-12(16-17)15-13(18)9-19-11-4-2-10(8-14)3-5-11/h2-7H,9H2,1H3,(H,15,16,18). The van der Waals surface area contributed by atoms with Crippen LogP contribution >= 0.6 is 0 Å². The molecule has 0 aliphatic rings. The third kappa shape index (κ3) is 3.57. The molecule has 1 aromatic carbocycles. The van der Waals surface area contributed by atoms with E-state index in [2.05, 4.69) is 10.4 Å².